The number of rotatable bonds is 12. The molecule has 3 nitrogen and oxygen atoms in total. The first-order valence-corrected chi connectivity index (χ1v) is 18.4. The van der Waals surface area contributed by atoms with E-state index in [0.29, 0.717) is 17.7 Å². The zero-order valence-electron chi connectivity index (χ0n) is 26.3. The van der Waals surface area contributed by atoms with E-state index in [1.54, 1.807) is 17.3 Å². The van der Waals surface area contributed by atoms with Crippen molar-refractivity contribution in [2.75, 3.05) is 18.1 Å². The fourth-order valence-electron chi connectivity index (χ4n) is 8.43. The zero-order valence-corrected chi connectivity index (χ0v) is 28.7. The summed E-state index contributed by atoms with van der Waals surface area (Å²) in [7, 11) is 0. The highest BCUT2D eigenvalue weighted by Gasteiger charge is 2.51. The van der Waals surface area contributed by atoms with Crippen LogP contribution in [0, 0.1) is 28.1 Å². The van der Waals surface area contributed by atoms with Gasteiger partial charge >= 0.3 is 0 Å². The highest BCUT2D eigenvalue weighted by Crippen LogP contribution is 2.61. The molecule has 0 aromatic heterocycles. The summed E-state index contributed by atoms with van der Waals surface area (Å²) in [6.07, 6.45) is 20.6. The molecule has 0 aromatic carbocycles. The maximum atomic E-state index is 12.4. The van der Waals surface area contributed by atoms with E-state index in [2.05, 4.69) is 59.0 Å². The third-order valence-corrected chi connectivity index (χ3v) is 12.6. The fourth-order valence-corrected chi connectivity index (χ4v) is 10.4. The molecule has 40 heavy (non-hydrogen) atoms. The maximum Gasteiger partial charge on any atom is 0.230 e. The summed E-state index contributed by atoms with van der Waals surface area (Å²) >= 11 is 8.43. The van der Waals surface area contributed by atoms with Crippen LogP contribution in [0.15, 0.2) is 23.3 Å². The highest BCUT2D eigenvalue weighted by atomic mass is 32.2. The van der Waals surface area contributed by atoms with Gasteiger partial charge in [0.25, 0.3) is 0 Å². The maximum absolute atomic E-state index is 12.4. The van der Waals surface area contributed by atoms with Crippen LogP contribution in [0.5, 0.6) is 0 Å². The van der Waals surface area contributed by atoms with E-state index in [1.165, 1.54) is 68.7 Å². The first kappa shape index (κ1) is 34.2. The van der Waals surface area contributed by atoms with Crippen LogP contribution >= 0.6 is 35.7 Å². The van der Waals surface area contributed by atoms with Crippen molar-refractivity contribution in [3.63, 3.8) is 0 Å². The Balaban J connectivity index is 1.54. The summed E-state index contributed by atoms with van der Waals surface area (Å²) in [5, 5.41) is 13.3. The van der Waals surface area contributed by atoms with Crippen molar-refractivity contribution in [1.29, 1.82) is 0 Å². The van der Waals surface area contributed by atoms with Crippen molar-refractivity contribution in [1.82, 2.24) is 5.32 Å². The second kappa shape index (κ2) is 15.4. The molecule has 1 amide bonds. The lowest BCUT2D eigenvalue weighted by Gasteiger charge is -2.46. The first-order chi connectivity index (χ1) is 18.9. The molecule has 3 aliphatic carbocycles. The first-order valence-electron chi connectivity index (χ1n) is 16.0. The number of fused-ring (bicyclic) bond motifs is 1. The van der Waals surface area contributed by atoms with E-state index >= 15 is 0 Å². The number of nitrogens with one attached hydrogen (secondary N) is 1. The lowest BCUT2D eigenvalue weighted by atomic mass is 9.59. The molecule has 2 N–H and O–H groups in total. The Hall–Kier alpha value is -0.300. The Morgan fingerprint density at radius 1 is 1.07 bits per heavy atom. The molecule has 3 fully saturated rings. The molecule has 228 valence electrons. The minimum atomic E-state index is -0.132. The predicted octanol–water partition coefficient (Wildman–Crippen LogP) is 9.49. The molecule has 3 rings (SSSR count). The number of thiocarbonyl (C=S) groups is 1. The van der Waals surface area contributed by atoms with E-state index in [1.807, 2.05) is 0 Å². The molecule has 3 saturated carbocycles. The van der Waals surface area contributed by atoms with Gasteiger partial charge in [-0.15, -0.1) is 11.8 Å². The summed E-state index contributed by atoms with van der Waals surface area (Å²) in [4.78, 5) is 12.4. The average molecular weight is 608 g/mol. The predicted molar refractivity (Wildman–Crippen MR) is 181 cm³/mol. The molecule has 0 aliphatic heterocycles. The van der Waals surface area contributed by atoms with E-state index in [9.17, 15) is 9.90 Å². The van der Waals surface area contributed by atoms with Gasteiger partial charge in [0.1, 0.15) is 3.53 Å². The molecule has 3 aliphatic rings. The number of hydrogen-bond acceptors (Lipinski definition) is 5. The minimum Gasteiger partial charge on any atom is -0.393 e. The van der Waals surface area contributed by atoms with Gasteiger partial charge in [-0.05, 0) is 117 Å². The summed E-state index contributed by atoms with van der Waals surface area (Å²) in [6, 6.07) is 0. The highest BCUT2D eigenvalue weighted by molar-refractivity contribution is 8.47. The SMILES string of the molecule is CCSC(=S)SCC(=O)NCC(C)(C)CC(C)(C)CC[C@H]1CCC2/C(=C/C=C3/CCC[C@H](O)C3)CCC[C@@]21CC. The second-order valence-electron chi connectivity index (χ2n) is 14.4. The van der Waals surface area contributed by atoms with E-state index < -0.39 is 0 Å². The third kappa shape index (κ3) is 9.88. The van der Waals surface area contributed by atoms with Gasteiger partial charge in [0, 0.05) is 6.54 Å². The van der Waals surface area contributed by atoms with E-state index in [0.717, 1.165) is 53.2 Å². The van der Waals surface area contributed by atoms with Crippen LogP contribution in [0.4, 0.5) is 0 Å². The van der Waals surface area contributed by atoms with Crippen molar-refractivity contribution in [2.24, 2.45) is 28.1 Å². The monoisotopic (exact) mass is 607 g/mol. The van der Waals surface area contributed by atoms with E-state index in [4.69, 9.17) is 12.2 Å². The molecule has 4 atom stereocenters. The van der Waals surface area contributed by atoms with Crippen LogP contribution in [0.3, 0.4) is 0 Å². The number of aliphatic hydroxyl groups is 1. The summed E-state index contributed by atoms with van der Waals surface area (Å²) in [6.45, 7) is 14.7. The largest absolute Gasteiger partial charge is 0.393 e. The van der Waals surface area contributed by atoms with Crippen LogP contribution < -0.4 is 5.32 Å². The van der Waals surface area contributed by atoms with Gasteiger partial charge in [-0.25, -0.2) is 0 Å². The normalized spacial score (nSPS) is 29.5. The molecule has 1 unspecified atom stereocenters. The number of allylic oxidation sites excluding steroid dienone is 3. The number of carbonyl (C=O) groups is 1. The van der Waals surface area contributed by atoms with Gasteiger partial charge in [0.15, 0.2) is 0 Å². The smallest absolute Gasteiger partial charge is 0.230 e. The summed E-state index contributed by atoms with van der Waals surface area (Å²) < 4.78 is 0.860. The fraction of sp³-hybridized carbons (Fsp3) is 0.824. The van der Waals surface area contributed by atoms with Crippen LogP contribution in [0.25, 0.3) is 0 Å². The topological polar surface area (TPSA) is 49.3 Å². The Kier molecular flexibility index (Phi) is 13.2. The van der Waals surface area contributed by atoms with Crippen molar-refractivity contribution in [2.45, 2.75) is 131 Å². The van der Waals surface area contributed by atoms with Crippen LogP contribution in [-0.4, -0.2) is 38.7 Å². The third-order valence-electron chi connectivity index (χ3n) is 10.1. The molecule has 0 radical (unpaired) electrons. The van der Waals surface area contributed by atoms with Gasteiger partial charge in [-0.3, -0.25) is 4.79 Å². The van der Waals surface area contributed by atoms with Crippen molar-refractivity contribution >= 4 is 45.2 Å². The molecule has 0 aromatic rings. The quantitative estimate of drug-likeness (QED) is 0.216. The number of hydrogen-bond donors (Lipinski definition) is 2. The van der Waals surface area contributed by atoms with Crippen molar-refractivity contribution < 1.29 is 9.90 Å². The lowest BCUT2D eigenvalue weighted by Crippen LogP contribution is -2.38. The number of aliphatic hydroxyl groups excluding tert-OH is 1. The number of carbonyl (C=O) groups excluding carboxylic acids is 1. The second-order valence-corrected chi connectivity index (χ2v) is 17.8. The van der Waals surface area contributed by atoms with Crippen LogP contribution in [0.1, 0.15) is 125 Å². The van der Waals surface area contributed by atoms with Crippen molar-refractivity contribution in [3.05, 3.63) is 23.3 Å². The van der Waals surface area contributed by atoms with Crippen LogP contribution in [0.2, 0.25) is 0 Å². The summed E-state index contributed by atoms with van der Waals surface area (Å²) in [5.74, 6) is 3.03. The van der Waals surface area contributed by atoms with E-state index in [-0.39, 0.29) is 22.8 Å². The van der Waals surface area contributed by atoms with Crippen molar-refractivity contribution in [3.8, 4) is 0 Å². The Morgan fingerprint density at radius 2 is 1.85 bits per heavy atom. The standard InChI is InChI=1S/C34H57NO2S3/c1-7-34-19-10-12-26(15-14-25-11-9-13-28(36)21-25)29(34)17-16-27(34)18-20-32(3,4)23-33(5,6)24-35-30(37)22-40-31(38)39-8-2/h14-15,27-29,36H,7-13,16-24H2,1-6H3,(H,35,37)/b25-14-,26-15+/t27-,28+,29?,34-/m1/s1. The van der Waals surface area contributed by atoms with Gasteiger partial charge in [-0.2, -0.15) is 0 Å². The van der Waals surface area contributed by atoms with Gasteiger partial charge < -0.3 is 10.4 Å². The van der Waals surface area contributed by atoms with Gasteiger partial charge in [0.05, 0.1) is 11.9 Å². The Bertz CT molecular complexity index is 924. The number of thioether (sulfide) groups is 2. The Morgan fingerprint density at radius 3 is 2.55 bits per heavy atom. The summed E-state index contributed by atoms with van der Waals surface area (Å²) in [5.41, 5.74) is 3.93. The van der Waals surface area contributed by atoms with Gasteiger partial charge in [0.2, 0.25) is 5.91 Å². The molecule has 0 bridgehead atoms. The number of amides is 1. The average Bonchev–Trinajstić information content (AvgIpc) is 3.27. The molecular formula is C34H57NO2S3. The molecule has 0 spiro atoms. The lowest BCUT2D eigenvalue weighted by molar-refractivity contribution is -0.119. The van der Waals surface area contributed by atoms with Crippen LogP contribution in [-0.2, 0) is 4.79 Å². The zero-order chi connectivity index (χ0) is 29.4. The molecular weight excluding hydrogens is 551 g/mol. The molecule has 6 heteroatoms. The Labute approximate surface area is 259 Å². The van der Waals surface area contributed by atoms with Gasteiger partial charge in [-0.1, -0.05) is 88.8 Å². The minimum absolute atomic E-state index is 0.0596. The molecule has 0 saturated heterocycles. The molecule has 0 heterocycles.